The van der Waals surface area contributed by atoms with Crippen LogP contribution in [0.4, 0.5) is 11.6 Å². The van der Waals surface area contributed by atoms with E-state index in [-0.39, 0.29) is 0 Å². The molecule has 0 amide bonds. The Morgan fingerprint density at radius 3 is 2.94 bits per heavy atom. The third kappa shape index (κ3) is 2.69. The van der Waals surface area contributed by atoms with Crippen LogP contribution in [0.1, 0.15) is 19.8 Å². The Kier molecular flexibility index (Phi) is 3.53. The molecule has 94 valence electrons. The van der Waals surface area contributed by atoms with E-state index in [0.29, 0.717) is 6.54 Å². The van der Waals surface area contributed by atoms with E-state index in [0.717, 1.165) is 35.5 Å². The van der Waals surface area contributed by atoms with Crippen molar-refractivity contribution >= 4 is 27.6 Å². The maximum absolute atomic E-state index is 10.1. The van der Waals surface area contributed by atoms with Crippen LogP contribution in [0.5, 0.6) is 0 Å². The van der Waals surface area contributed by atoms with Crippen molar-refractivity contribution in [2.24, 2.45) is 0 Å². The van der Waals surface area contributed by atoms with Crippen LogP contribution in [0.3, 0.4) is 0 Å². The maximum Gasteiger partial charge on any atom is 0.148 e. The van der Waals surface area contributed by atoms with Gasteiger partial charge in [-0.3, -0.25) is 0 Å². The van der Waals surface area contributed by atoms with Crippen LogP contribution in [-0.4, -0.2) is 40.8 Å². The Hall–Kier alpha value is -0.880. The predicted molar refractivity (Wildman–Crippen MR) is 71.3 cm³/mol. The number of rotatable bonds is 2. The number of nitrogens with zero attached hydrogens (tertiary/aromatic N) is 3. The fourth-order valence-corrected chi connectivity index (χ4v) is 2.81. The molecule has 0 spiro atoms. The second kappa shape index (κ2) is 4.78. The van der Waals surface area contributed by atoms with Crippen molar-refractivity contribution in [3.05, 3.63) is 10.8 Å². The van der Waals surface area contributed by atoms with Gasteiger partial charge in [0.15, 0.2) is 0 Å². The second-order valence-corrected chi connectivity index (χ2v) is 5.42. The number of hydrogen-bond donors (Lipinski definition) is 2. The van der Waals surface area contributed by atoms with Gasteiger partial charge in [-0.2, -0.15) is 0 Å². The number of aliphatic hydroxyl groups is 1. The van der Waals surface area contributed by atoms with Crippen LogP contribution in [0.2, 0.25) is 0 Å². The normalized spacial score (nSPS) is 24.8. The molecule has 1 aromatic rings. The van der Waals surface area contributed by atoms with Gasteiger partial charge in [-0.1, -0.05) is 0 Å². The molecule has 0 aromatic carbocycles. The number of aromatic nitrogens is 2. The minimum Gasteiger partial charge on any atom is -0.388 e. The molecule has 1 unspecified atom stereocenters. The van der Waals surface area contributed by atoms with Gasteiger partial charge in [-0.15, -0.1) is 0 Å². The molecule has 1 fully saturated rings. The summed E-state index contributed by atoms with van der Waals surface area (Å²) in [5.41, 5.74) is -0.636. The topological polar surface area (TPSA) is 61.3 Å². The summed E-state index contributed by atoms with van der Waals surface area (Å²) in [6, 6.07) is 0. The van der Waals surface area contributed by atoms with Crippen molar-refractivity contribution in [3.63, 3.8) is 0 Å². The quantitative estimate of drug-likeness (QED) is 0.869. The van der Waals surface area contributed by atoms with Gasteiger partial charge in [0.2, 0.25) is 0 Å². The Bertz CT molecular complexity index is 410. The van der Waals surface area contributed by atoms with Crippen molar-refractivity contribution < 1.29 is 5.11 Å². The third-order valence-electron chi connectivity index (χ3n) is 2.98. The van der Waals surface area contributed by atoms with Crippen molar-refractivity contribution in [2.75, 3.05) is 30.4 Å². The van der Waals surface area contributed by atoms with Gasteiger partial charge in [0.25, 0.3) is 0 Å². The molecule has 1 aliphatic rings. The van der Waals surface area contributed by atoms with Crippen LogP contribution in [-0.2, 0) is 0 Å². The molecule has 0 saturated carbocycles. The highest BCUT2D eigenvalue weighted by molar-refractivity contribution is 9.10. The molecule has 2 rings (SSSR count). The zero-order valence-electron chi connectivity index (χ0n) is 10.1. The molecule has 0 radical (unpaired) electrons. The van der Waals surface area contributed by atoms with Gasteiger partial charge in [-0.25, -0.2) is 9.97 Å². The van der Waals surface area contributed by atoms with E-state index >= 15 is 0 Å². The van der Waals surface area contributed by atoms with Gasteiger partial charge in [0, 0.05) is 20.1 Å². The average molecular weight is 301 g/mol. The van der Waals surface area contributed by atoms with Crippen molar-refractivity contribution in [3.8, 4) is 0 Å². The predicted octanol–water partition coefficient (Wildman–Crippen LogP) is 1.63. The molecule has 6 heteroatoms. The lowest BCUT2D eigenvalue weighted by atomic mass is 9.95. The SMILES string of the molecule is CNc1ncnc(N2CCCC(C)(O)C2)c1Br. The summed E-state index contributed by atoms with van der Waals surface area (Å²) in [6.45, 7) is 3.38. The third-order valence-corrected chi connectivity index (χ3v) is 3.71. The molecule has 1 atom stereocenters. The molecular formula is C11H17BrN4O. The zero-order valence-corrected chi connectivity index (χ0v) is 11.7. The number of hydrogen-bond acceptors (Lipinski definition) is 5. The van der Waals surface area contributed by atoms with Crippen molar-refractivity contribution in [1.29, 1.82) is 0 Å². The minimum absolute atomic E-state index is 0.603. The van der Waals surface area contributed by atoms with Gasteiger partial charge >= 0.3 is 0 Å². The first-order valence-corrected chi connectivity index (χ1v) is 6.48. The van der Waals surface area contributed by atoms with E-state index in [9.17, 15) is 5.11 Å². The van der Waals surface area contributed by atoms with Crippen LogP contribution in [0.15, 0.2) is 10.8 Å². The van der Waals surface area contributed by atoms with E-state index in [4.69, 9.17) is 0 Å². The highest BCUT2D eigenvalue weighted by atomic mass is 79.9. The first-order valence-electron chi connectivity index (χ1n) is 5.69. The number of halogens is 1. The highest BCUT2D eigenvalue weighted by Crippen LogP contribution is 2.32. The fourth-order valence-electron chi connectivity index (χ4n) is 2.16. The molecule has 1 aliphatic heterocycles. The Morgan fingerprint density at radius 2 is 2.29 bits per heavy atom. The van der Waals surface area contributed by atoms with E-state index in [1.165, 1.54) is 6.33 Å². The molecule has 5 nitrogen and oxygen atoms in total. The summed E-state index contributed by atoms with van der Waals surface area (Å²) in [4.78, 5) is 10.5. The monoisotopic (exact) mass is 300 g/mol. The summed E-state index contributed by atoms with van der Waals surface area (Å²) < 4.78 is 0.847. The summed E-state index contributed by atoms with van der Waals surface area (Å²) >= 11 is 3.50. The lowest BCUT2D eigenvalue weighted by Crippen LogP contribution is -2.46. The van der Waals surface area contributed by atoms with Gasteiger partial charge in [0.05, 0.1) is 5.60 Å². The average Bonchev–Trinajstić information content (AvgIpc) is 2.28. The Balaban J connectivity index is 2.28. The van der Waals surface area contributed by atoms with E-state index in [1.54, 1.807) is 0 Å². The molecule has 1 aromatic heterocycles. The lowest BCUT2D eigenvalue weighted by molar-refractivity contribution is 0.0446. The highest BCUT2D eigenvalue weighted by Gasteiger charge is 2.30. The number of nitrogens with one attached hydrogen (secondary N) is 1. The minimum atomic E-state index is -0.636. The molecule has 1 saturated heterocycles. The molecule has 0 bridgehead atoms. The summed E-state index contributed by atoms with van der Waals surface area (Å²) in [5.74, 6) is 1.60. The van der Waals surface area contributed by atoms with Gasteiger partial charge in [0.1, 0.15) is 22.4 Å². The molecule has 0 aliphatic carbocycles. The largest absolute Gasteiger partial charge is 0.388 e. The Morgan fingerprint density at radius 1 is 1.53 bits per heavy atom. The van der Waals surface area contributed by atoms with E-state index in [1.807, 2.05) is 14.0 Å². The van der Waals surface area contributed by atoms with E-state index < -0.39 is 5.60 Å². The van der Waals surface area contributed by atoms with E-state index in [2.05, 4.69) is 36.1 Å². The number of anilines is 2. The summed E-state index contributed by atoms with van der Waals surface area (Å²) in [6.07, 6.45) is 3.35. The van der Waals surface area contributed by atoms with Crippen molar-refractivity contribution in [2.45, 2.75) is 25.4 Å². The number of piperidine rings is 1. The van der Waals surface area contributed by atoms with Crippen LogP contribution < -0.4 is 10.2 Å². The maximum atomic E-state index is 10.1. The fraction of sp³-hybridized carbons (Fsp3) is 0.636. The van der Waals surface area contributed by atoms with Crippen LogP contribution in [0.25, 0.3) is 0 Å². The standard InChI is InChI=1S/C11H17BrN4O/c1-11(17)4-3-5-16(6-11)10-8(12)9(13-2)14-7-15-10/h7,17H,3-6H2,1-2H3,(H,13,14,15). The first-order chi connectivity index (χ1) is 8.03. The molecule has 2 N–H and O–H groups in total. The first kappa shape index (κ1) is 12.6. The zero-order chi connectivity index (χ0) is 12.5. The van der Waals surface area contributed by atoms with Crippen LogP contribution in [0, 0.1) is 0 Å². The lowest BCUT2D eigenvalue weighted by Gasteiger charge is -2.37. The Labute approximate surface area is 109 Å². The molecular weight excluding hydrogens is 284 g/mol. The molecule has 2 heterocycles. The van der Waals surface area contributed by atoms with Gasteiger partial charge in [-0.05, 0) is 35.7 Å². The van der Waals surface area contributed by atoms with Gasteiger partial charge < -0.3 is 15.3 Å². The van der Waals surface area contributed by atoms with Crippen molar-refractivity contribution in [1.82, 2.24) is 9.97 Å². The summed E-state index contributed by atoms with van der Waals surface area (Å²) in [7, 11) is 1.82. The molecule has 17 heavy (non-hydrogen) atoms. The second-order valence-electron chi connectivity index (χ2n) is 4.63. The number of β-amino-alcohol motifs (C(OH)–C–C–N with tert-alkyl or cyclic N) is 1. The smallest absolute Gasteiger partial charge is 0.148 e. The van der Waals surface area contributed by atoms with Crippen LogP contribution >= 0.6 is 15.9 Å². The summed E-state index contributed by atoms with van der Waals surface area (Å²) in [5, 5.41) is 13.1.